The molecule has 0 saturated carbocycles. The molecule has 128 valence electrons. The third-order valence-electron chi connectivity index (χ3n) is 4.01. The number of ether oxygens (including phenoxy) is 1. The van der Waals surface area contributed by atoms with E-state index in [9.17, 15) is 4.79 Å². The minimum atomic E-state index is -0.533. The lowest BCUT2D eigenvalue weighted by molar-refractivity contribution is -0.127. The molecule has 0 spiro atoms. The summed E-state index contributed by atoms with van der Waals surface area (Å²) in [5.74, 6) is 1.04. The van der Waals surface area contributed by atoms with Crippen LogP contribution in [0.5, 0.6) is 5.75 Å². The molecule has 2 aromatic rings. The summed E-state index contributed by atoms with van der Waals surface area (Å²) >= 11 is 0. The predicted octanol–water partition coefficient (Wildman–Crippen LogP) is 4.51. The van der Waals surface area contributed by atoms with Crippen molar-refractivity contribution in [2.75, 3.05) is 0 Å². The first-order valence-corrected chi connectivity index (χ1v) is 8.47. The molecule has 1 amide bonds. The molecule has 0 bridgehead atoms. The van der Waals surface area contributed by atoms with Gasteiger partial charge in [-0.2, -0.15) is 0 Å². The number of benzene rings is 2. The Morgan fingerprint density at radius 3 is 2.42 bits per heavy atom. The van der Waals surface area contributed by atoms with Crippen LogP contribution in [0.25, 0.3) is 0 Å². The van der Waals surface area contributed by atoms with Crippen molar-refractivity contribution in [3.05, 3.63) is 64.7 Å². The average molecular weight is 325 g/mol. The molecule has 0 heterocycles. The van der Waals surface area contributed by atoms with Crippen LogP contribution in [0.15, 0.2) is 42.5 Å². The van der Waals surface area contributed by atoms with Crippen molar-refractivity contribution in [1.82, 2.24) is 5.32 Å². The fourth-order valence-electron chi connectivity index (χ4n) is 2.62. The van der Waals surface area contributed by atoms with Gasteiger partial charge < -0.3 is 10.1 Å². The van der Waals surface area contributed by atoms with Crippen molar-refractivity contribution >= 4 is 5.91 Å². The van der Waals surface area contributed by atoms with Gasteiger partial charge in [0.25, 0.3) is 5.91 Å². The molecule has 2 rings (SSSR count). The van der Waals surface area contributed by atoms with Crippen LogP contribution in [0, 0.1) is 13.8 Å². The second kappa shape index (κ2) is 8.00. The van der Waals surface area contributed by atoms with Gasteiger partial charge in [0.15, 0.2) is 6.10 Å². The molecule has 1 atom stereocenters. The Balaban J connectivity index is 2.00. The molecule has 0 aliphatic rings. The number of amides is 1. The van der Waals surface area contributed by atoms with Crippen molar-refractivity contribution in [3.63, 3.8) is 0 Å². The van der Waals surface area contributed by atoms with Crippen molar-refractivity contribution < 1.29 is 9.53 Å². The summed E-state index contributed by atoms with van der Waals surface area (Å²) in [6.45, 7) is 10.6. The van der Waals surface area contributed by atoms with Gasteiger partial charge >= 0.3 is 0 Å². The SMILES string of the molecule is Cc1cccc(CNC(=O)C(C)Oc2cc(C)ccc2C(C)C)c1. The van der Waals surface area contributed by atoms with E-state index in [0.29, 0.717) is 12.5 Å². The van der Waals surface area contributed by atoms with Crippen LogP contribution in [0.1, 0.15) is 48.9 Å². The molecule has 3 nitrogen and oxygen atoms in total. The van der Waals surface area contributed by atoms with Crippen LogP contribution < -0.4 is 10.1 Å². The topological polar surface area (TPSA) is 38.3 Å². The van der Waals surface area contributed by atoms with E-state index in [4.69, 9.17) is 4.74 Å². The number of rotatable bonds is 6. The zero-order chi connectivity index (χ0) is 17.7. The van der Waals surface area contributed by atoms with Crippen molar-refractivity contribution in [2.24, 2.45) is 0 Å². The highest BCUT2D eigenvalue weighted by Crippen LogP contribution is 2.28. The van der Waals surface area contributed by atoms with Gasteiger partial charge in [0.1, 0.15) is 5.75 Å². The third-order valence-corrected chi connectivity index (χ3v) is 4.01. The van der Waals surface area contributed by atoms with Gasteiger partial charge in [-0.15, -0.1) is 0 Å². The molecule has 2 aromatic carbocycles. The Bertz CT molecular complexity index is 707. The summed E-state index contributed by atoms with van der Waals surface area (Å²) in [6.07, 6.45) is -0.533. The summed E-state index contributed by atoms with van der Waals surface area (Å²) < 4.78 is 5.95. The lowest BCUT2D eigenvalue weighted by Gasteiger charge is -2.19. The average Bonchev–Trinajstić information content (AvgIpc) is 2.52. The van der Waals surface area contributed by atoms with Gasteiger partial charge in [-0.1, -0.05) is 55.8 Å². The van der Waals surface area contributed by atoms with E-state index < -0.39 is 6.10 Å². The first-order chi connectivity index (χ1) is 11.4. The fourth-order valence-corrected chi connectivity index (χ4v) is 2.62. The van der Waals surface area contributed by atoms with Gasteiger partial charge in [-0.3, -0.25) is 4.79 Å². The van der Waals surface area contributed by atoms with Crippen LogP contribution in [0.4, 0.5) is 0 Å². The molecule has 1 N–H and O–H groups in total. The summed E-state index contributed by atoms with van der Waals surface area (Å²) in [5.41, 5.74) is 4.53. The van der Waals surface area contributed by atoms with E-state index in [2.05, 4.69) is 37.4 Å². The Morgan fingerprint density at radius 2 is 1.75 bits per heavy atom. The monoisotopic (exact) mass is 325 g/mol. The maximum atomic E-state index is 12.3. The summed E-state index contributed by atoms with van der Waals surface area (Å²) in [6, 6.07) is 14.3. The molecule has 0 aliphatic carbocycles. The molecule has 0 saturated heterocycles. The number of hydrogen-bond donors (Lipinski definition) is 1. The molecular weight excluding hydrogens is 298 g/mol. The standard InChI is InChI=1S/C21H27NO2/c1-14(2)19-10-9-16(4)12-20(19)24-17(5)21(23)22-13-18-8-6-7-15(3)11-18/h6-12,14,17H,13H2,1-5H3,(H,22,23). The maximum absolute atomic E-state index is 12.3. The highest BCUT2D eigenvalue weighted by atomic mass is 16.5. The third kappa shape index (κ3) is 4.85. The second-order valence-electron chi connectivity index (χ2n) is 6.66. The minimum Gasteiger partial charge on any atom is -0.481 e. The van der Waals surface area contributed by atoms with Crippen LogP contribution in [0.2, 0.25) is 0 Å². The zero-order valence-corrected chi connectivity index (χ0v) is 15.2. The zero-order valence-electron chi connectivity index (χ0n) is 15.2. The molecule has 0 aliphatic heterocycles. The van der Waals surface area contributed by atoms with E-state index in [0.717, 1.165) is 22.4 Å². The number of nitrogens with one attached hydrogen (secondary N) is 1. The summed E-state index contributed by atoms with van der Waals surface area (Å²) in [4.78, 5) is 12.3. The first-order valence-electron chi connectivity index (χ1n) is 8.47. The fraction of sp³-hybridized carbons (Fsp3) is 0.381. The van der Waals surface area contributed by atoms with Gasteiger partial charge in [0.2, 0.25) is 0 Å². The summed E-state index contributed by atoms with van der Waals surface area (Å²) in [7, 11) is 0. The van der Waals surface area contributed by atoms with Crippen LogP contribution in [-0.2, 0) is 11.3 Å². The Labute approximate surface area is 145 Å². The normalized spacial score (nSPS) is 12.1. The van der Waals surface area contributed by atoms with E-state index in [1.165, 1.54) is 5.56 Å². The molecule has 3 heteroatoms. The van der Waals surface area contributed by atoms with Crippen molar-refractivity contribution in [2.45, 2.75) is 53.2 Å². The quantitative estimate of drug-likeness (QED) is 0.848. The molecule has 1 unspecified atom stereocenters. The molecule has 24 heavy (non-hydrogen) atoms. The molecular formula is C21H27NO2. The van der Waals surface area contributed by atoms with Crippen molar-refractivity contribution in [3.8, 4) is 5.75 Å². The van der Waals surface area contributed by atoms with Gasteiger partial charge in [0, 0.05) is 6.54 Å². The van der Waals surface area contributed by atoms with Crippen LogP contribution >= 0.6 is 0 Å². The molecule has 0 aromatic heterocycles. The van der Waals surface area contributed by atoms with Crippen molar-refractivity contribution in [1.29, 1.82) is 0 Å². The lowest BCUT2D eigenvalue weighted by Crippen LogP contribution is -2.36. The number of hydrogen-bond acceptors (Lipinski definition) is 2. The van der Waals surface area contributed by atoms with E-state index >= 15 is 0 Å². The lowest BCUT2D eigenvalue weighted by atomic mass is 10.0. The highest BCUT2D eigenvalue weighted by Gasteiger charge is 2.17. The predicted molar refractivity (Wildman–Crippen MR) is 98.4 cm³/mol. The number of aryl methyl sites for hydroxylation is 2. The summed E-state index contributed by atoms with van der Waals surface area (Å²) in [5, 5.41) is 2.95. The first kappa shape index (κ1) is 18.1. The maximum Gasteiger partial charge on any atom is 0.261 e. The molecule has 0 fully saturated rings. The van der Waals surface area contributed by atoms with Gasteiger partial charge in [-0.05, 0) is 49.4 Å². The van der Waals surface area contributed by atoms with E-state index in [-0.39, 0.29) is 5.91 Å². The number of carbonyl (C=O) groups excluding carboxylic acids is 1. The largest absolute Gasteiger partial charge is 0.481 e. The molecule has 0 radical (unpaired) electrons. The second-order valence-corrected chi connectivity index (χ2v) is 6.66. The van der Waals surface area contributed by atoms with E-state index in [1.807, 2.05) is 38.1 Å². The minimum absolute atomic E-state index is 0.104. The Kier molecular flexibility index (Phi) is 6.02. The van der Waals surface area contributed by atoms with Gasteiger partial charge in [-0.25, -0.2) is 0 Å². The van der Waals surface area contributed by atoms with Gasteiger partial charge in [0.05, 0.1) is 0 Å². The van der Waals surface area contributed by atoms with E-state index in [1.54, 1.807) is 6.92 Å². The Morgan fingerprint density at radius 1 is 1.04 bits per heavy atom. The number of carbonyl (C=O) groups is 1. The highest BCUT2D eigenvalue weighted by molar-refractivity contribution is 5.80. The Hall–Kier alpha value is -2.29. The smallest absolute Gasteiger partial charge is 0.261 e. The van der Waals surface area contributed by atoms with Crippen LogP contribution in [0.3, 0.4) is 0 Å². The van der Waals surface area contributed by atoms with Crippen LogP contribution in [-0.4, -0.2) is 12.0 Å².